The minimum Gasteiger partial charge on any atom is -0.385 e. The van der Waals surface area contributed by atoms with Crippen molar-refractivity contribution < 1.29 is 5.11 Å². The molecule has 0 bridgehead atoms. The molecule has 0 atom stereocenters. The van der Waals surface area contributed by atoms with Crippen LogP contribution in [0.3, 0.4) is 0 Å². The smallest absolute Gasteiger partial charge is 0.0906 e. The van der Waals surface area contributed by atoms with E-state index in [0.29, 0.717) is 0 Å². The van der Waals surface area contributed by atoms with E-state index < -0.39 is 5.60 Å². The van der Waals surface area contributed by atoms with Crippen molar-refractivity contribution in [2.45, 2.75) is 18.4 Å². The number of para-hydroxylation sites is 1. The van der Waals surface area contributed by atoms with Crippen LogP contribution in [-0.2, 0) is 5.60 Å². The van der Waals surface area contributed by atoms with Gasteiger partial charge in [-0.2, -0.15) is 0 Å². The lowest BCUT2D eigenvalue weighted by molar-refractivity contribution is 0.153. The molecule has 14 heavy (non-hydrogen) atoms. The second-order valence-corrected chi connectivity index (χ2v) is 3.91. The maximum absolute atomic E-state index is 10.1. The van der Waals surface area contributed by atoms with Gasteiger partial charge in [0.05, 0.1) is 11.1 Å². The zero-order chi connectivity index (χ0) is 9.60. The van der Waals surface area contributed by atoms with Gasteiger partial charge in [-0.15, -0.1) is 0 Å². The van der Waals surface area contributed by atoms with Crippen molar-refractivity contribution in [1.29, 1.82) is 0 Å². The Morgan fingerprint density at radius 1 is 1.14 bits per heavy atom. The molecule has 1 aromatic carbocycles. The SMILES string of the molecule is OC1(c2ccnc3ccccc23)CC1. The van der Waals surface area contributed by atoms with Crippen molar-refractivity contribution in [2.75, 3.05) is 0 Å². The first-order valence-corrected chi connectivity index (χ1v) is 4.86. The average Bonchev–Trinajstić information content (AvgIpc) is 2.97. The van der Waals surface area contributed by atoms with Gasteiger partial charge in [0.2, 0.25) is 0 Å². The standard InChI is InChI=1S/C12H11NO/c14-12(6-7-12)10-5-8-13-11-4-2-1-3-9(10)11/h1-5,8,14H,6-7H2. The van der Waals surface area contributed by atoms with Crippen LogP contribution >= 0.6 is 0 Å². The lowest BCUT2D eigenvalue weighted by Crippen LogP contribution is -2.05. The van der Waals surface area contributed by atoms with Crippen molar-refractivity contribution in [3.8, 4) is 0 Å². The fraction of sp³-hybridized carbons (Fsp3) is 0.250. The number of nitrogens with zero attached hydrogens (tertiary/aromatic N) is 1. The van der Waals surface area contributed by atoms with Crippen molar-refractivity contribution in [1.82, 2.24) is 4.98 Å². The normalized spacial score (nSPS) is 18.4. The first kappa shape index (κ1) is 7.94. The highest BCUT2D eigenvalue weighted by atomic mass is 16.3. The van der Waals surface area contributed by atoms with Crippen LogP contribution in [0, 0.1) is 0 Å². The number of benzene rings is 1. The molecule has 1 aliphatic carbocycles. The molecule has 1 N–H and O–H groups in total. The van der Waals surface area contributed by atoms with E-state index in [1.54, 1.807) is 6.20 Å². The molecule has 1 fully saturated rings. The molecule has 2 nitrogen and oxygen atoms in total. The molecule has 70 valence electrons. The largest absolute Gasteiger partial charge is 0.385 e. The first-order valence-electron chi connectivity index (χ1n) is 4.86. The van der Waals surface area contributed by atoms with Crippen LogP contribution in [0.25, 0.3) is 10.9 Å². The monoisotopic (exact) mass is 185 g/mol. The van der Waals surface area contributed by atoms with Gasteiger partial charge in [-0.25, -0.2) is 0 Å². The van der Waals surface area contributed by atoms with Gasteiger partial charge in [0.25, 0.3) is 0 Å². The number of hydrogen-bond donors (Lipinski definition) is 1. The Kier molecular flexibility index (Phi) is 1.45. The summed E-state index contributed by atoms with van der Waals surface area (Å²) in [5, 5.41) is 11.1. The summed E-state index contributed by atoms with van der Waals surface area (Å²) in [6.45, 7) is 0. The second kappa shape index (κ2) is 2.55. The molecule has 0 aliphatic heterocycles. The third kappa shape index (κ3) is 1.04. The average molecular weight is 185 g/mol. The molecule has 1 aliphatic rings. The van der Waals surface area contributed by atoms with Crippen LogP contribution in [0.5, 0.6) is 0 Å². The molecular weight excluding hydrogens is 174 g/mol. The molecule has 0 spiro atoms. The maximum Gasteiger partial charge on any atom is 0.0906 e. The highest BCUT2D eigenvalue weighted by Crippen LogP contribution is 2.47. The molecule has 2 heteroatoms. The lowest BCUT2D eigenvalue weighted by atomic mass is 10.0. The Bertz CT molecular complexity index is 483. The number of rotatable bonds is 1. The summed E-state index contributed by atoms with van der Waals surface area (Å²) in [6, 6.07) is 9.88. The molecule has 0 saturated heterocycles. The third-order valence-corrected chi connectivity index (χ3v) is 2.87. The fourth-order valence-corrected chi connectivity index (χ4v) is 1.89. The van der Waals surface area contributed by atoms with E-state index in [0.717, 1.165) is 29.3 Å². The summed E-state index contributed by atoms with van der Waals surface area (Å²) in [4.78, 5) is 4.27. The summed E-state index contributed by atoms with van der Waals surface area (Å²) in [5.74, 6) is 0. The lowest BCUT2D eigenvalue weighted by Gasteiger charge is -2.10. The van der Waals surface area contributed by atoms with Crippen LogP contribution in [-0.4, -0.2) is 10.1 Å². The van der Waals surface area contributed by atoms with E-state index in [1.807, 2.05) is 30.3 Å². The van der Waals surface area contributed by atoms with E-state index in [4.69, 9.17) is 0 Å². The van der Waals surface area contributed by atoms with Gasteiger partial charge in [0.15, 0.2) is 0 Å². The van der Waals surface area contributed by atoms with Crippen LogP contribution in [0.15, 0.2) is 36.5 Å². The summed E-state index contributed by atoms with van der Waals surface area (Å²) in [6.07, 6.45) is 3.52. The van der Waals surface area contributed by atoms with E-state index in [-0.39, 0.29) is 0 Å². The molecular formula is C12H11NO. The zero-order valence-electron chi connectivity index (χ0n) is 7.77. The number of aliphatic hydroxyl groups is 1. The quantitative estimate of drug-likeness (QED) is 0.739. The first-order chi connectivity index (χ1) is 6.80. The maximum atomic E-state index is 10.1. The highest BCUT2D eigenvalue weighted by Gasteiger charge is 2.43. The van der Waals surface area contributed by atoms with Crippen molar-refractivity contribution in [3.63, 3.8) is 0 Å². The number of fused-ring (bicyclic) bond motifs is 1. The molecule has 0 radical (unpaired) electrons. The Morgan fingerprint density at radius 3 is 2.71 bits per heavy atom. The van der Waals surface area contributed by atoms with Gasteiger partial charge in [-0.3, -0.25) is 4.98 Å². The van der Waals surface area contributed by atoms with Crippen LogP contribution in [0.4, 0.5) is 0 Å². The van der Waals surface area contributed by atoms with Gasteiger partial charge in [-0.1, -0.05) is 18.2 Å². The van der Waals surface area contributed by atoms with E-state index in [9.17, 15) is 5.11 Å². The summed E-state index contributed by atoms with van der Waals surface area (Å²) in [7, 11) is 0. The van der Waals surface area contributed by atoms with Gasteiger partial charge in [-0.05, 0) is 30.5 Å². The minimum absolute atomic E-state index is 0.567. The Labute approximate surface area is 82.2 Å². The predicted octanol–water partition coefficient (Wildman–Crippen LogP) is 2.22. The highest BCUT2D eigenvalue weighted by molar-refractivity contribution is 5.83. The van der Waals surface area contributed by atoms with Gasteiger partial charge in [0.1, 0.15) is 0 Å². The minimum atomic E-state index is -0.567. The van der Waals surface area contributed by atoms with Gasteiger partial charge >= 0.3 is 0 Å². The Morgan fingerprint density at radius 2 is 1.93 bits per heavy atom. The molecule has 0 amide bonds. The number of hydrogen-bond acceptors (Lipinski definition) is 2. The third-order valence-electron chi connectivity index (χ3n) is 2.87. The van der Waals surface area contributed by atoms with Crippen molar-refractivity contribution >= 4 is 10.9 Å². The fourth-order valence-electron chi connectivity index (χ4n) is 1.89. The van der Waals surface area contributed by atoms with E-state index in [1.165, 1.54) is 0 Å². The van der Waals surface area contributed by atoms with Gasteiger partial charge < -0.3 is 5.11 Å². The molecule has 1 aromatic heterocycles. The molecule has 3 rings (SSSR count). The topological polar surface area (TPSA) is 33.1 Å². The number of pyridine rings is 1. The van der Waals surface area contributed by atoms with Crippen molar-refractivity contribution in [3.05, 3.63) is 42.1 Å². The molecule has 0 unspecified atom stereocenters. The van der Waals surface area contributed by atoms with E-state index >= 15 is 0 Å². The van der Waals surface area contributed by atoms with Gasteiger partial charge in [0, 0.05) is 11.6 Å². The van der Waals surface area contributed by atoms with Crippen LogP contribution in [0.2, 0.25) is 0 Å². The summed E-state index contributed by atoms with van der Waals surface area (Å²) >= 11 is 0. The van der Waals surface area contributed by atoms with Crippen LogP contribution < -0.4 is 0 Å². The summed E-state index contributed by atoms with van der Waals surface area (Å²) in [5.41, 5.74) is 1.43. The molecule has 2 aromatic rings. The molecule has 1 saturated carbocycles. The Balaban J connectivity index is 2.33. The zero-order valence-corrected chi connectivity index (χ0v) is 7.77. The van der Waals surface area contributed by atoms with Crippen LogP contribution in [0.1, 0.15) is 18.4 Å². The second-order valence-electron chi connectivity index (χ2n) is 3.91. The van der Waals surface area contributed by atoms with Crippen molar-refractivity contribution in [2.24, 2.45) is 0 Å². The Hall–Kier alpha value is -1.41. The summed E-state index contributed by atoms with van der Waals surface area (Å²) < 4.78 is 0. The molecule has 1 heterocycles. The number of aromatic nitrogens is 1. The predicted molar refractivity (Wildman–Crippen MR) is 54.9 cm³/mol. The van der Waals surface area contributed by atoms with E-state index in [2.05, 4.69) is 4.98 Å².